The number of rotatable bonds is 4. The minimum atomic E-state index is -1.26. The van der Waals surface area contributed by atoms with Crippen LogP contribution in [0.25, 0.3) is 0 Å². The molecule has 0 aromatic heterocycles. The van der Waals surface area contributed by atoms with Crippen molar-refractivity contribution in [2.75, 3.05) is 0 Å². The van der Waals surface area contributed by atoms with Crippen molar-refractivity contribution in [3.8, 4) is 0 Å². The molecule has 0 aliphatic rings. The first kappa shape index (κ1) is 20.3. The third kappa shape index (κ3) is 3.37. The van der Waals surface area contributed by atoms with Crippen LogP contribution in [0.4, 0.5) is 0 Å². The van der Waals surface area contributed by atoms with Gasteiger partial charge in [-0.15, -0.1) is 0 Å². The number of aryl methyl sites for hydroxylation is 1. The maximum Gasteiger partial charge on any atom is 1.00 e. The van der Waals surface area contributed by atoms with Crippen molar-refractivity contribution >= 4 is 28.0 Å². The third-order valence-corrected chi connectivity index (χ3v) is 6.01. The average Bonchev–Trinajstić information content (AvgIpc) is 2.74. The van der Waals surface area contributed by atoms with Crippen LogP contribution >= 0.6 is 0 Å². The van der Waals surface area contributed by atoms with Crippen LogP contribution < -0.4 is 40.7 Å². The summed E-state index contributed by atoms with van der Waals surface area (Å²) < 4.78 is 0. The van der Waals surface area contributed by atoms with Gasteiger partial charge in [-0.2, -0.15) is 21.9 Å². The van der Waals surface area contributed by atoms with Gasteiger partial charge in [0.15, 0.2) is 0 Å². The van der Waals surface area contributed by atoms with Gasteiger partial charge in [0.25, 0.3) is 0 Å². The molecule has 0 heterocycles. The Hall–Kier alpha value is -2.46. The predicted molar refractivity (Wildman–Crippen MR) is 120 cm³/mol. The van der Waals surface area contributed by atoms with Crippen molar-refractivity contribution in [1.82, 2.24) is 0 Å². The normalized spacial score (nSPS) is 10.9. The zero-order chi connectivity index (χ0) is 18.7. The van der Waals surface area contributed by atoms with Gasteiger partial charge in [-0.3, -0.25) is 0 Å². The summed E-state index contributed by atoms with van der Waals surface area (Å²) in [6, 6.07) is 39.6. The van der Waals surface area contributed by atoms with Gasteiger partial charge in [-0.25, -0.2) is 0 Å². The summed E-state index contributed by atoms with van der Waals surface area (Å²) >= 11 is 0. The van der Waals surface area contributed by atoms with Crippen molar-refractivity contribution in [2.45, 2.75) is 13.8 Å². The molecule has 0 aliphatic heterocycles. The average molecular weight is 354 g/mol. The minimum Gasteiger partial charge on any atom is -0.195 e. The molecule has 0 nitrogen and oxygen atoms in total. The van der Waals surface area contributed by atoms with E-state index in [2.05, 4.69) is 123 Å². The fraction of sp³-hybridized carbons (Fsp3) is 0.0769. The Bertz CT molecular complexity index is 931. The molecule has 0 saturated heterocycles. The molecule has 132 valence electrons. The Kier molecular flexibility index (Phi) is 6.30. The zero-order valence-electron chi connectivity index (χ0n) is 17.0. The van der Waals surface area contributed by atoms with E-state index in [1.807, 2.05) is 0 Å². The summed E-state index contributed by atoms with van der Waals surface area (Å²) in [6.45, 7) is 4.47. The minimum absolute atomic E-state index is 0. The molecule has 4 aromatic rings. The van der Waals surface area contributed by atoms with Gasteiger partial charge in [0.1, 0.15) is 6.15 Å². The van der Waals surface area contributed by atoms with E-state index < -0.39 is 6.15 Å². The van der Waals surface area contributed by atoms with Crippen molar-refractivity contribution in [2.24, 2.45) is 0 Å². The molecule has 0 amide bonds. The second-order valence-electron chi connectivity index (χ2n) is 7.39. The van der Waals surface area contributed by atoms with Crippen LogP contribution in [0, 0.1) is 13.8 Å². The van der Waals surface area contributed by atoms with E-state index in [1.165, 1.54) is 33.0 Å². The predicted octanol–water partition coefficient (Wildman–Crippen LogP) is 0.685. The van der Waals surface area contributed by atoms with Gasteiger partial charge in [-0.1, -0.05) is 120 Å². The molecule has 0 N–H and O–H groups in total. The molecule has 4 rings (SSSR count). The smallest absolute Gasteiger partial charge is 0.195 e. The molecule has 4 aromatic carbocycles. The topological polar surface area (TPSA) is 0 Å². The molecule has 0 aliphatic carbocycles. The van der Waals surface area contributed by atoms with Crippen LogP contribution in [0.3, 0.4) is 0 Å². The summed E-state index contributed by atoms with van der Waals surface area (Å²) in [5, 5.41) is 0. The van der Waals surface area contributed by atoms with E-state index in [0.29, 0.717) is 0 Å². The van der Waals surface area contributed by atoms with E-state index in [1.54, 1.807) is 0 Å². The second-order valence-corrected chi connectivity index (χ2v) is 7.39. The van der Waals surface area contributed by atoms with E-state index >= 15 is 0 Å². The van der Waals surface area contributed by atoms with Crippen LogP contribution in [0.2, 0.25) is 0 Å². The zero-order valence-corrected chi connectivity index (χ0v) is 17.0. The fourth-order valence-corrected chi connectivity index (χ4v) is 4.58. The van der Waals surface area contributed by atoms with Gasteiger partial charge in [0.2, 0.25) is 0 Å². The number of benzene rings is 4. The molecular formula is C26H24BLi. The van der Waals surface area contributed by atoms with Crippen molar-refractivity contribution < 1.29 is 18.9 Å². The van der Waals surface area contributed by atoms with E-state index in [4.69, 9.17) is 0 Å². The van der Waals surface area contributed by atoms with Crippen LogP contribution in [0.15, 0.2) is 109 Å². The molecule has 28 heavy (non-hydrogen) atoms. The van der Waals surface area contributed by atoms with Crippen LogP contribution in [-0.4, -0.2) is 6.15 Å². The van der Waals surface area contributed by atoms with Crippen LogP contribution in [0.5, 0.6) is 0 Å². The summed E-state index contributed by atoms with van der Waals surface area (Å²) in [5.41, 5.74) is 8.16. The number of hydrogen-bond acceptors (Lipinski definition) is 0. The Balaban J connectivity index is 0.00000225. The standard InChI is InChI=1S/C26H24B.Li/c1-21-13-12-20-26(22(21)2)27(23-14-6-3-7-15-23,24-16-8-4-9-17-24)25-18-10-5-11-19-25;/h3-20H,1-2H3;/q-1;+1. The van der Waals surface area contributed by atoms with Crippen LogP contribution in [0.1, 0.15) is 11.1 Å². The van der Waals surface area contributed by atoms with Gasteiger partial charge in [0, 0.05) is 0 Å². The fourth-order valence-electron chi connectivity index (χ4n) is 4.58. The van der Waals surface area contributed by atoms with Crippen molar-refractivity contribution in [3.05, 3.63) is 120 Å². The monoisotopic (exact) mass is 354 g/mol. The summed E-state index contributed by atoms with van der Waals surface area (Å²) in [4.78, 5) is 0. The summed E-state index contributed by atoms with van der Waals surface area (Å²) in [6.07, 6.45) is -1.26. The Labute approximate surface area is 180 Å². The SMILES string of the molecule is Cc1cccc([B-](c2ccccc2)(c2ccccc2)c2ccccc2)c1C.[Li+]. The van der Waals surface area contributed by atoms with Crippen LogP contribution in [-0.2, 0) is 0 Å². The molecule has 0 fully saturated rings. The summed E-state index contributed by atoms with van der Waals surface area (Å²) in [5.74, 6) is 0. The van der Waals surface area contributed by atoms with Crippen molar-refractivity contribution in [1.29, 1.82) is 0 Å². The molecular weight excluding hydrogens is 330 g/mol. The molecule has 0 atom stereocenters. The van der Waals surface area contributed by atoms with Crippen molar-refractivity contribution in [3.63, 3.8) is 0 Å². The van der Waals surface area contributed by atoms with Gasteiger partial charge in [-0.05, 0) is 13.8 Å². The Morgan fingerprint density at radius 1 is 0.464 bits per heavy atom. The maximum atomic E-state index is 2.31. The summed E-state index contributed by atoms with van der Waals surface area (Å²) in [7, 11) is 0. The molecule has 0 radical (unpaired) electrons. The first-order valence-electron chi connectivity index (χ1n) is 9.63. The molecule has 0 unspecified atom stereocenters. The van der Waals surface area contributed by atoms with E-state index in [0.717, 1.165) is 0 Å². The molecule has 2 heteroatoms. The largest absolute Gasteiger partial charge is 1.00 e. The molecule has 0 spiro atoms. The number of hydrogen-bond donors (Lipinski definition) is 0. The first-order chi connectivity index (χ1) is 13.2. The van der Waals surface area contributed by atoms with Gasteiger partial charge in [0.05, 0.1) is 0 Å². The van der Waals surface area contributed by atoms with Gasteiger partial charge < -0.3 is 0 Å². The Morgan fingerprint density at radius 2 is 0.857 bits per heavy atom. The van der Waals surface area contributed by atoms with Gasteiger partial charge >= 0.3 is 18.9 Å². The quantitative estimate of drug-likeness (QED) is 0.473. The van der Waals surface area contributed by atoms with E-state index in [9.17, 15) is 0 Å². The second kappa shape index (κ2) is 8.70. The third-order valence-electron chi connectivity index (χ3n) is 6.01. The molecule has 0 bridgehead atoms. The maximum absolute atomic E-state index is 2.31. The molecule has 0 saturated carbocycles. The Morgan fingerprint density at radius 3 is 1.25 bits per heavy atom. The first-order valence-corrected chi connectivity index (χ1v) is 9.63. The van der Waals surface area contributed by atoms with E-state index in [-0.39, 0.29) is 18.9 Å².